The molecular formula is C10H15NO2. The Hall–Kier alpha value is -0.800. The molecule has 1 fully saturated rings. The van der Waals surface area contributed by atoms with Gasteiger partial charge in [-0.2, -0.15) is 0 Å². The molecule has 2 rings (SSSR count). The summed E-state index contributed by atoms with van der Waals surface area (Å²) in [6.45, 7) is 2.67. The van der Waals surface area contributed by atoms with Crippen molar-refractivity contribution in [1.29, 1.82) is 0 Å². The summed E-state index contributed by atoms with van der Waals surface area (Å²) in [6, 6.07) is 3.87. The summed E-state index contributed by atoms with van der Waals surface area (Å²) >= 11 is 0. The van der Waals surface area contributed by atoms with E-state index in [-0.39, 0.29) is 6.10 Å². The third-order valence-electron chi connectivity index (χ3n) is 2.44. The minimum atomic E-state index is -0.149. The van der Waals surface area contributed by atoms with Crippen molar-refractivity contribution in [2.45, 2.75) is 25.5 Å². The van der Waals surface area contributed by atoms with Crippen LogP contribution in [0.1, 0.15) is 18.6 Å². The van der Waals surface area contributed by atoms with Gasteiger partial charge in [0.25, 0.3) is 0 Å². The van der Waals surface area contributed by atoms with Crippen molar-refractivity contribution in [2.75, 3.05) is 13.1 Å². The van der Waals surface area contributed by atoms with Gasteiger partial charge in [0.15, 0.2) is 0 Å². The van der Waals surface area contributed by atoms with E-state index in [2.05, 4.69) is 4.90 Å². The fraction of sp³-hybridized carbons (Fsp3) is 0.600. The fourth-order valence-corrected chi connectivity index (χ4v) is 1.80. The molecule has 72 valence electrons. The molecule has 1 atom stereocenters. The number of aliphatic hydroxyl groups excluding tert-OH is 1. The molecule has 1 aliphatic heterocycles. The van der Waals surface area contributed by atoms with Crippen molar-refractivity contribution in [3.8, 4) is 0 Å². The highest BCUT2D eigenvalue weighted by Gasteiger charge is 2.17. The third kappa shape index (κ3) is 2.32. The molecule has 0 bridgehead atoms. The number of rotatable bonds is 2. The maximum absolute atomic E-state index is 9.44. The molecule has 3 nitrogen and oxygen atoms in total. The first-order valence-electron chi connectivity index (χ1n) is 4.77. The smallest absolute Gasteiger partial charge is 0.117 e. The van der Waals surface area contributed by atoms with Crippen LogP contribution in [0.15, 0.2) is 22.8 Å². The molecule has 0 spiro atoms. The molecule has 0 amide bonds. The molecule has 1 saturated heterocycles. The van der Waals surface area contributed by atoms with E-state index in [1.54, 1.807) is 6.26 Å². The van der Waals surface area contributed by atoms with Gasteiger partial charge in [0.2, 0.25) is 0 Å². The Bertz CT molecular complexity index is 245. The normalized spacial score (nSPS) is 24.8. The van der Waals surface area contributed by atoms with Gasteiger partial charge < -0.3 is 9.52 Å². The summed E-state index contributed by atoms with van der Waals surface area (Å²) in [6.07, 6.45) is 3.57. The molecule has 1 aromatic heterocycles. The molecule has 13 heavy (non-hydrogen) atoms. The maximum Gasteiger partial charge on any atom is 0.117 e. The summed E-state index contributed by atoms with van der Waals surface area (Å²) in [5, 5.41) is 9.44. The van der Waals surface area contributed by atoms with E-state index in [1.807, 2.05) is 12.1 Å². The van der Waals surface area contributed by atoms with Gasteiger partial charge in [-0.05, 0) is 31.5 Å². The zero-order valence-electron chi connectivity index (χ0n) is 7.65. The number of aliphatic hydroxyl groups is 1. The van der Waals surface area contributed by atoms with Crippen LogP contribution in [0.25, 0.3) is 0 Å². The Morgan fingerprint density at radius 3 is 3.23 bits per heavy atom. The molecular weight excluding hydrogens is 166 g/mol. The average Bonchev–Trinajstić information content (AvgIpc) is 2.57. The number of furan rings is 1. The molecule has 1 aromatic rings. The van der Waals surface area contributed by atoms with Crippen LogP contribution in [0, 0.1) is 0 Å². The predicted molar refractivity (Wildman–Crippen MR) is 49.2 cm³/mol. The van der Waals surface area contributed by atoms with Crippen molar-refractivity contribution < 1.29 is 9.52 Å². The molecule has 3 heteroatoms. The number of β-amino-alcohol motifs (C(OH)–C–C–N with tert-alkyl or cyclic N) is 1. The summed E-state index contributed by atoms with van der Waals surface area (Å²) in [4.78, 5) is 2.23. The second-order valence-corrected chi connectivity index (χ2v) is 3.61. The lowest BCUT2D eigenvalue weighted by Gasteiger charge is -2.28. The van der Waals surface area contributed by atoms with Crippen molar-refractivity contribution in [1.82, 2.24) is 4.90 Å². The SMILES string of the molecule is OC1CCCN(Cc2ccco2)C1. The lowest BCUT2D eigenvalue weighted by Crippen LogP contribution is -2.37. The molecule has 2 heterocycles. The Morgan fingerprint density at radius 2 is 2.54 bits per heavy atom. The van der Waals surface area contributed by atoms with Crippen LogP contribution >= 0.6 is 0 Å². The maximum atomic E-state index is 9.44. The Labute approximate surface area is 78.0 Å². The van der Waals surface area contributed by atoms with E-state index >= 15 is 0 Å². The zero-order chi connectivity index (χ0) is 9.10. The highest BCUT2D eigenvalue weighted by atomic mass is 16.3. The molecule has 1 N–H and O–H groups in total. The molecule has 1 aliphatic rings. The van der Waals surface area contributed by atoms with Crippen molar-refractivity contribution in [2.24, 2.45) is 0 Å². The van der Waals surface area contributed by atoms with Crippen molar-refractivity contribution >= 4 is 0 Å². The van der Waals surface area contributed by atoms with Gasteiger partial charge in [0, 0.05) is 6.54 Å². The second kappa shape index (κ2) is 3.94. The average molecular weight is 181 g/mol. The summed E-state index contributed by atoms with van der Waals surface area (Å²) in [7, 11) is 0. The van der Waals surface area contributed by atoms with Crippen LogP contribution in [-0.2, 0) is 6.54 Å². The second-order valence-electron chi connectivity index (χ2n) is 3.61. The van der Waals surface area contributed by atoms with Crippen LogP contribution in [0.4, 0.5) is 0 Å². The molecule has 0 radical (unpaired) electrons. The third-order valence-corrected chi connectivity index (χ3v) is 2.44. The summed E-state index contributed by atoms with van der Waals surface area (Å²) in [5.41, 5.74) is 0. The highest BCUT2D eigenvalue weighted by molar-refractivity contribution is 4.98. The standard InChI is InChI=1S/C10H15NO2/c12-9-3-1-5-11(7-9)8-10-4-2-6-13-10/h2,4,6,9,12H,1,3,5,7-8H2. The van der Waals surface area contributed by atoms with Gasteiger partial charge in [0.05, 0.1) is 18.9 Å². The summed E-state index contributed by atoms with van der Waals surface area (Å²) in [5.74, 6) is 0.981. The lowest BCUT2D eigenvalue weighted by atomic mass is 10.1. The predicted octanol–water partition coefficient (Wildman–Crippen LogP) is 1.24. The molecule has 1 unspecified atom stereocenters. The van der Waals surface area contributed by atoms with Crippen LogP contribution in [-0.4, -0.2) is 29.2 Å². The molecule has 0 saturated carbocycles. The Morgan fingerprint density at radius 1 is 1.62 bits per heavy atom. The van der Waals surface area contributed by atoms with Gasteiger partial charge in [-0.15, -0.1) is 0 Å². The van der Waals surface area contributed by atoms with Gasteiger partial charge in [-0.1, -0.05) is 0 Å². The van der Waals surface area contributed by atoms with Crippen LogP contribution in [0.5, 0.6) is 0 Å². The number of hydrogen-bond donors (Lipinski definition) is 1. The van der Waals surface area contributed by atoms with E-state index in [1.165, 1.54) is 0 Å². The van der Waals surface area contributed by atoms with Gasteiger partial charge in [0.1, 0.15) is 5.76 Å². The minimum Gasteiger partial charge on any atom is -0.468 e. The van der Waals surface area contributed by atoms with Crippen molar-refractivity contribution in [3.05, 3.63) is 24.2 Å². The topological polar surface area (TPSA) is 36.6 Å². The lowest BCUT2D eigenvalue weighted by molar-refractivity contribution is 0.0633. The van der Waals surface area contributed by atoms with Gasteiger partial charge in [-0.25, -0.2) is 0 Å². The van der Waals surface area contributed by atoms with Gasteiger partial charge >= 0.3 is 0 Å². The van der Waals surface area contributed by atoms with E-state index in [9.17, 15) is 5.11 Å². The number of hydrogen-bond acceptors (Lipinski definition) is 3. The number of likely N-dealkylation sites (tertiary alicyclic amines) is 1. The van der Waals surface area contributed by atoms with Crippen LogP contribution < -0.4 is 0 Å². The Kier molecular flexibility index (Phi) is 2.66. The first kappa shape index (κ1) is 8.78. The highest BCUT2D eigenvalue weighted by Crippen LogP contribution is 2.13. The first-order chi connectivity index (χ1) is 6.34. The quantitative estimate of drug-likeness (QED) is 0.745. The van der Waals surface area contributed by atoms with Crippen molar-refractivity contribution in [3.63, 3.8) is 0 Å². The fourth-order valence-electron chi connectivity index (χ4n) is 1.80. The van der Waals surface area contributed by atoms with E-state index in [0.29, 0.717) is 0 Å². The van der Waals surface area contributed by atoms with E-state index in [0.717, 1.165) is 38.2 Å². The minimum absolute atomic E-state index is 0.149. The molecule has 0 aromatic carbocycles. The largest absolute Gasteiger partial charge is 0.468 e. The number of nitrogens with zero attached hydrogens (tertiary/aromatic N) is 1. The number of piperidine rings is 1. The van der Waals surface area contributed by atoms with E-state index in [4.69, 9.17) is 4.42 Å². The monoisotopic (exact) mass is 181 g/mol. The Balaban J connectivity index is 1.87. The van der Waals surface area contributed by atoms with Gasteiger partial charge in [-0.3, -0.25) is 4.90 Å². The molecule has 0 aliphatic carbocycles. The van der Waals surface area contributed by atoms with E-state index < -0.39 is 0 Å². The first-order valence-corrected chi connectivity index (χ1v) is 4.77. The van der Waals surface area contributed by atoms with Crippen LogP contribution in [0.2, 0.25) is 0 Å². The van der Waals surface area contributed by atoms with Crippen LogP contribution in [0.3, 0.4) is 0 Å². The zero-order valence-corrected chi connectivity index (χ0v) is 7.65. The summed E-state index contributed by atoms with van der Waals surface area (Å²) < 4.78 is 5.25.